The van der Waals surface area contributed by atoms with Crippen molar-refractivity contribution in [3.05, 3.63) is 40.1 Å². The summed E-state index contributed by atoms with van der Waals surface area (Å²) in [7, 11) is -2.12. The number of carbonyl (C=O) groups is 1. The Morgan fingerprint density at radius 1 is 1.16 bits per heavy atom. The van der Waals surface area contributed by atoms with Gasteiger partial charge in [0.1, 0.15) is 0 Å². The Morgan fingerprint density at radius 2 is 1.81 bits per heavy atom. The predicted molar refractivity (Wildman–Crippen MR) is 116 cm³/mol. The average molecular weight is 491 g/mol. The van der Waals surface area contributed by atoms with E-state index in [-0.39, 0.29) is 29.4 Å². The fourth-order valence-electron chi connectivity index (χ4n) is 4.05. The zero-order valence-corrected chi connectivity index (χ0v) is 18.7. The van der Waals surface area contributed by atoms with Crippen LogP contribution in [-0.2, 0) is 20.5 Å². The van der Waals surface area contributed by atoms with Gasteiger partial charge in [0.25, 0.3) is 0 Å². The van der Waals surface area contributed by atoms with Crippen LogP contribution < -0.4 is 4.90 Å². The first-order valence-corrected chi connectivity index (χ1v) is 12.9. The molecule has 1 atom stereocenters. The summed E-state index contributed by atoms with van der Waals surface area (Å²) in [4.78, 5) is 25.1. The van der Waals surface area contributed by atoms with Gasteiger partial charge in [-0.05, 0) is 40.4 Å². The van der Waals surface area contributed by atoms with Gasteiger partial charge in [-0.25, -0.2) is 9.97 Å². The second-order valence-corrected chi connectivity index (χ2v) is 11.9. The monoisotopic (exact) mass is 490 g/mol. The third-order valence-corrected chi connectivity index (χ3v) is 8.79. The first-order chi connectivity index (χ1) is 15.0. The van der Waals surface area contributed by atoms with Crippen LogP contribution >= 0.6 is 11.3 Å². The molecule has 12 heteroatoms. The first kappa shape index (κ1) is 23.0. The molecule has 0 bridgehead atoms. The second-order valence-electron chi connectivity index (χ2n) is 8.05. The summed E-state index contributed by atoms with van der Waals surface area (Å²) in [6.45, 7) is 0.861. The van der Waals surface area contributed by atoms with E-state index < -0.39 is 27.3 Å². The van der Waals surface area contributed by atoms with Gasteiger partial charge in [-0.15, -0.1) is 11.3 Å². The van der Waals surface area contributed by atoms with Crippen molar-refractivity contribution in [2.45, 2.75) is 25.1 Å². The zero-order chi connectivity index (χ0) is 23.1. The number of rotatable bonds is 3. The minimum atomic E-state index is -4.53. The SMILES string of the molecule is C=S1(=O)CCC(C(=O)N2CCN(c3ncc(C(F)(F)F)cn3)CC2c2ccc(F)s2)CC1. The number of hydrogen-bond donors (Lipinski definition) is 0. The van der Waals surface area contributed by atoms with E-state index in [4.69, 9.17) is 0 Å². The van der Waals surface area contributed by atoms with Crippen molar-refractivity contribution in [2.75, 3.05) is 36.0 Å². The van der Waals surface area contributed by atoms with E-state index >= 15 is 0 Å². The molecule has 0 spiro atoms. The zero-order valence-electron chi connectivity index (χ0n) is 17.1. The Morgan fingerprint density at radius 3 is 2.38 bits per heavy atom. The van der Waals surface area contributed by atoms with Crippen LogP contribution in [0.5, 0.6) is 0 Å². The van der Waals surface area contributed by atoms with Gasteiger partial charge in [-0.3, -0.25) is 9.00 Å². The minimum absolute atomic E-state index is 0.0771. The summed E-state index contributed by atoms with van der Waals surface area (Å²) in [5.41, 5.74) is -0.939. The second kappa shape index (κ2) is 8.62. The van der Waals surface area contributed by atoms with Crippen LogP contribution in [0.25, 0.3) is 0 Å². The van der Waals surface area contributed by atoms with Crippen molar-refractivity contribution in [1.82, 2.24) is 14.9 Å². The Kier molecular flexibility index (Phi) is 6.19. The Hall–Kier alpha value is -2.21. The highest BCUT2D eigenvalue weighted by Gasteiger charge is 2.38. The largest absolute Gasteiger partial charge is 0.419 e. The van der Waals surface area contributed by atoms with Crippen molar-refractivity contribution >= 4 is 38.6 Å². The van der Waals surface area contributed by atoms with E-state index in [1.54, 1.807) is 15.9 Å². The summed E-state index contributed by atoms with van der Waals surface area (Å²) in [6, 6.07) is 2.46. The summed E-state index contributed by atoms with van der Waals surface area (Å²) < 4.78 is 64.4. The highest BCUT2D eigenvalue weighted by atomic mass is 32.2. The number of carbonyl (C=O) groups excluding carboxylic acids is 1. The van der Waals surface area contributed by atoms with Crippen LogP contribution in [0.15, 0.2) is 24.5 Å². The summed E-state index contributed by atoms with van der Waals surface area (Å²) >= 11 is 0.932. The molecule has 0 radical (unpaired) electrons. The van der Waals surface area contributed by atoms with Crippen LogP contribution in [0.3, 0.4) is 0 Å². The molecule has 2 aromatic rings. The van der Waals surface area contributed by atoms with Crippen molar-refractivity contribution in [3.63, 3.8) is 0 Å². The van der Waals surface area contributed by atoms with E-state index in [9.17, 15) is 26.6 Å². The summed E-state index contributed by atoms with van der Waals surface area (Å²) in [5.74, 6) is 4.32. The van der Waals surface area contributed by atoms with E-state index in [1.165, 1.54) is 6.07 Å². The fraction of sp³-hybridized carbons (Fsp3) is 0.500. The van der Waals surface area contributed by atoms with Gasteiger partial charge in [0, 0.05) is 54.3 Å². The van der Waals surface area contributed by atoms with E-state index in [0.717, 1.165) is 23.7 Å². The molecule has 2 fully saturated rings. The maximum atomic E-state index is 13.8. The molecular formula is C20H22F4N4O2S2. The summed E-state index contributed by atoms with van der Waals surface area (Å²) in [5, 5.41) is -0.384. The Labute approximate surface area is 187 Å². The number of halogens is 4. The number of amides is 1. The maximum Gasteiger partial charge on any atom is 0.419 e. The molecule has 2 aliphatic rings. The average Bonchev–Trinajstić information content (AvgIpc) is 3.18. The number of alkyl halides is 3. The van der Waals surface area contributed by atoms with Crippen LogP contribution in [-0.4, -0.2) is 62.0 Å². The molecule has 0 aromatic carbocycles. The number of piperazine rings is 1. The van der Waals surface area contributed by atoms with Gasteiger partial charge in [0.2, 0.25) is 11.9 Å². The van der Waals surface area contributed by atoms with Crippen molar-refractivity contribution in [2.24, 2.45) is 5.92 Å². The Balaban J connectivity index is 1.55. The number of hydrogen-bond acceptors (Lipinski definition) is 6. The van der Waals surface area contributed by atoms with Crippen LogP contribution in [0.4, 0.5) is 23.5 Å². The van der Waals surface area contributed by atoms with Crippen molar-refractivity contribution < 1.29 is 26.6 Å². The van der Waals surface area contributed by atoms with Gasteiger partial charge in [0.15, 0.2) is 5.13 Å². The molecule has 2 saturated heterocycles. The lowest BCUT2D eigenvalue weighted by Gasteiger charge is -2.43. The van der Waals surface area contributed by atoms with Gasteiger partial charge in [-0.1, -0.05) is 0 Å². The van der Waals surface area contributed by atoms with E-state index in [1.807, 2.05) is 0 Å². The molecule has 0 aliphatic carbocycles. The van der Waals surface area contributed by atoms with E-state index in [2.05, 4.69) is 15.8 Å². The molecule has 0 saturated carbocycles. The standard InChI is InChI=1S/C20H22F4N4O2S2/c1-32(30)8-4-13(5-9-32)18(29)28-7-6-27(12-15(28)16-2-3-17(21)31-16)19-25-10-14(11-26-19)20(22,23)24/h2-3,10-11,13,15H,1,4-9,12H2. The quantitative estimate of drug-likeness (QED) is 0.488. The topological polar surface area (TPSA) is 66.4 Å². The molecule has 2 aliphatic heterocycles. The van der Waals surface area contributed by atoms with Crippen molar-refractivity contribution in [3.8, 4) is 0 Å². The molecule has 4 heterocycles. The highest BCUT2D eigenvalue weighted by Crippen LogP contribution is 2.35. The van der Waals surface area contributed by atoms with Crippen molar-refractivity contribution in [1.29, 1.82) is 0 Å². The molecule has 2 aromatic heterocycles. The van der Waals surface area contributed by atoms with Crippen LogP contribution in [0.1, 0.15) is 29.3 Å². The molecule has 1 unspecified atom stereocenters. The molecule has 0 N–H and O–H groups in total. The third-order valence-electron chi connectivity index (χ3n) is 5.86. The van der Waals surface area contributed by atoms with E-state index in [0.29, 0.717) is 42.3 Å². The lowest BCUT2D eigenvalue weighted by atomic mass is 9.98. The summed E-state index contributed by atoms with van der Waals surface area (Å²) in [6.07, 6.45) is -2.07. The maximum absolute atomic E-state index is 13.8. The molecule has 32 heavy (non-hydrogen) atoms. The minimum Gasteiger partial charge on any atom is -0.337 e. The van der Waals surface area contributed by atoms with Gasteiger partial charge in [0.05, 0.1) is 11.6 Å². The first-order valence-electron chi connectivity index (χ1n) is 10.1. The molecule has 174 valence electrons. The smallest absolute Gasteiger partial charge is 0.337 e. The number of aromatic nitrogens is 2. The fourth-order valence-corrected chi connectivity index (χ4v) is 6.52. The highest BCUT2D eigenvalue weighted by molar-refractivity contribution is 8.00. The van der Waals surface area contributed by atoms with Gasteiger partial charge >= 0.3 is 6.18 Å². The van der Waals surface area contributed by atoms with Gasteiger partial charge < -0.3 is 9.80 Å². The molecular weight excluding hydrogens is 468 g/mol. The normalized spacial score (nSPS) is 26.9. The number of anilines is 1. The third kappa shape index (κ3) is 4.90. The number of thiophene rings is 1. The molecule has 6 nitrogen and oxygen atoms in total. The van der Waals surface area contributed by atoms with Crippen LogP contribution in [0, 0.1) is 11.0 Å². The lowest BCUT2D eigenvalue weighted by molar-refractivity contribution is -0.139. The predicted octanol–water partition coefficient (Wildman–Crippen LogP) is 3.21. The van der Waals surface area contributed by atoms with Gasteiger partial charge in [-0.2, -0.15) is 17.6 Å². The lowest BCUT2D eigenvalue weighted by Crippen LogP contribution is -2.53. The Bertz CT molecular complexity index is 1070. The molecule has 1 amide bonds. The number of nitrogens with zero attached hydrogens (tertiary/aromatic N) is 4. The van der Waals surface area contributed by atoms with Crippen LogP contribution in [0.2, 0.25) is 0 Å². The molecule has 4 rings (SSSR count).